The standard InChI is InChI=1S/C20H18ClN3O2/c21-15-7-5-14(6-8-15)19(25)23-9-11-24(12-10-23)20(26)17-13-22-18-4-2-1-3-16(17)18/h1-8,13,22H,9-12H2. The number of carbonyl (C=O) groups is 2. The Bertz CT molecular complexity index is 957. The van der Waals surface area contributed by atoms with Crippen molar-refractivity contribution in [2.24, 2.45) is 0 Å². The molecule has 0 radical (unpaired) electrons. The molecule has 1 N–H and O–H groups in total. The lowest BCUT2D eigenvalue weighted by Crippen LogP contribution is -2.50. The van der Waals surface area contributed by atoms with Crippen molar-refractivity contribution >= 4 is 34.3 Å². The minimum Gasteiger partial charge on any atom is -0.360 e. The van der Waals surface area contributed by atoms with Crippen LogP contribution in [-0.4, -0.2) is 52.8 Å². The van der Waals surface area contributed by atoms with Crippen molar-refractivity contribution in [1.29, 1.82) is 0 Å². The first-order valence-electron chi connectivity index (χ1n) is 8.54. The molecule has 2 amide bonds. The first-order valence-corrected chi connectivity index (χ1v) is 8.91. The molecule has 0 unspecified atom stereocenters. The molecule has 0 atom stereocenters. The Balaban J connectivity index is 1.44. The molecule has 1 saturated heterocycles. The van der Waals surface area contributed by atoms with Gasteiger partial charge < -0.3 is 14.8 Å². The second-order valence-electron chi connectivity index (χ2n) is 6.34. The number of benzene rings is 2. The molecule has 0 saturated carbocycles. The highest BCUT2D eigenvalue weighted by atomic mass is 35.5. The summed E-state index contributed by atoms with van der Waals surface area (Å²) in [7, 11) is 0. The van der Waals surface area contributed by atoms with E-state index in [1.165, 1.54) is 0 Å². The molecular formula is C20H18ClN3O2. The maximum absolute atomic E-state index is 12.8. The van der Waals surface area contributed by atoms with E-state index in [2.05, 4.69) is 4.98 Å². The number of amides is 2. The van der Waals surface area contributed by atoms with E-state index in [0.29, 0.717) is 42.3 Å². The maximum Gasteiger partial charge on any atom is 0.256 e. The fourth-order valence-electron chi connectivity index (χ4n) is 3.31. The molecule has 1 aliphatic heterocycles. The zero-order valence-electron chi connectivity index (χ0n) is 14.1. The molecule has 2 heterocycles. The van der Waals surface area contributed by atoms with Crippen LogP contribution < -0.4 is 0 Å². The van der Waals surface area contributed by atoms with Crippen molar-refractivity contribution in [3.05, 3.63) is 70.9 Å². The molecule has 0 spiro atoms. The lowest BCUT2D eigenvalue weighted by Gasteiger charge is -2.34. The second-order valence-corrected chi connectivity index (χ2v) is 6.78. The molecule has 6 heteroatoms. The maximum atomic E-state index is 12.8. The Kier molecular flexibility index (Phi) is 4.39. The number of hydrogen-bond acceptors (Lipinski definition) is 2. The van der Waals surface area contributed by atoms with Crippen LogP contribution in [0.15, 0.2) is 54.7 Å². The fourth-order valence-corrected chi connectivity index (χ4v) is 3.43. The Morgan fingerprint density at radius 1 is 0.846 bits per heavy atom. The van der Waals surface area contributed by atoms with Crippen LogP contribution in [0, 0.1) is 0 Å². The summed E-state index contributed by atoms with van der Waals surface area (Å²) in [5.41, 5.74) is 2.25. The van der Waals surface area contributed by atoms with Crippen molar-refractivity contribution < 1.29 is 9.59 Å². The molecule has 3 aromatic rings. The number of aromatic amines is 1. The average Bonchev–Trinajstić information content (AvgIpc) is 3.12. The summed E-state index contributed by atoms with van der Waals surface area (Å²) >= 11 is 5.87. The highest BCUT2D eigenvalue weighted by Crippen LogP contribution is 2.20. The Hall–Kier alpha value is -2.79. The van der Waals surface area contributed by atoms with Crippen LogP contribution in [0.4, 0.5) is 0 Å². The number of halogens is 1. The molecule has 2 aromatic carbocycles. The van der Waals surface area contributed by atoms with Crippen LogP contribution in [0.3, 0.4) is 0 Å². The van der Waals surface area contributed by atoms with E-state index < -0.39 is 0 Å². The third-order valence-corrected chi connectivity index (χ3v) is 5.02. The highest BCUT2D eigenvalue weighted by Gasteiger charge is 2.26. The van der Waals surface area contributed by atoms with Gasteiger partial charge in [-0.2, -0.15) is 0 Å². The van der Waals surface area contributed by atoms with Gasteiger partial charge in [0.25, 0.3) is 11.8 Å². The minimum atomic E-state index is -0.0270. The number of rotatable bonds is 2. The highest BCUT2D eigenvalue weighted by molar-refractivity contribution is 6.30. The van der Waals surface area contributed by atoms with Gasteiger partial charge in [-0.3, -0.25) is 9.59 Å². The minimum absolute atomic E-state index is 0.000965. The molecule has 4 rings (SSSR count). The number of hydrogen-bond donors (Lipinski definition) is 1. The molecule has 26 heavy (non-hydrogen) atoms. The van der Waals surface area contributed by atoms with E-state index in [-0.39, 0.29) is 11.8 Å². The monoisotopic (exact) mass is 367 g/mol. The van der Waals surface area contributed by atoms with Crippen molar-refractivity contribution in [3.8, 4) is 0 Å². The number of aromatic nitrogens is 1. The van der Waals surface area contributed by atoms with Crippen LogP contribution in [0.1, 0.15) is 20.7 Å². The Morgan fingerprint density at radius 3 is 2.15 bits per heavy atom. The normalized spacial score (nSPS) is 14.7. The number of piperazine rings is 1. The molecule has 1 aliphatic rings. The van der Waals surface area contributed by atoms with Gasteiger partial charge in [0.05, 0.1) is 5.56 Å². The summed E-state index contributed by atoms with van der Waals surface area (Å²) in [5.74, 6) is -0.0260. The number of fused-ring (bicyclic) bond motifs is 1. The third kappa shape index (κ3) is 3.06. The van der Waals surface area contributed by atoms with Crippen molar-refractivity contribution in [3.63, 3.8) is 0 Å². The van der Waals surface area contributed by atoms with E-state index in [4.69, 9.17) is 11.6 Å². The summed E-state index contributed by atoms with van der Waals surface area (Å²) < 4.78 is 0. The van der Waals surface area contributed by atoms with Crippen LogP contribution in [0.25, 0.3) is 10.9 Å². The number of nitrogens with zero attached hydrogens (tertiary/aromatic N) is 2. The lowest BCUT2D eigenvalue weighted by molar-refractivity contribution is 0.0536. The Morgan fingerprint density at radius 2 is 1.46 bits per heavy atom. The second kappa shape index (κ2) is 6.84. The van der Waals surface area contributed by atoms with Crippen LogP contribution in [-0.2, 0) is 0 Å². The number of H-pyrrole nitrogens is 1. The zero-order valence-corrected chi connectivity index (χ0v) is 14.9. The van der Waals surface area contributed by atoms with Crippen LogP contribution in [0.2, 0.25) is 5.02 Å². The van der Waals surface area contributed by atoms with Gasteiger partial charge in [0, 0.05) is 53.9 Å². The van der Waals surface area contributed by atoms with E-state index in [9.17, 15) is 9.59 Å². The lowest BCUT2D eigenvalue weighted by atomic mass is 10.1. The predicted molar refractivity (Wildman–Crippen MR) is 102 cm³/mol. The van der Waals surface area contributed by atoms with Crippen molar-refractivity contribution in [2.45, 2.75) is 0 Å². The summed E-state index contributed by atoms with van der Waals surface area (Å²) in [6.07, 6.45) is 1.76. The SMILES string of the molecule is O=C(c1ccc(Cl)cc1)N1CCN(C(=O)c2c[nH]c3ccccc23)CC1. The molecule has 1 aromatic heterocycles. The van der Waals surface area contributed by atoms with Crippen molar-refractivity contribution in [2.75, 3.05) is 26.2 Å². The summed E-state index contributed by atoms with van der Waals surface area (Å²) in [5, 5.41) is 1.54. The molecule has 0 bridgehead atoms. The van der Waals surface area contributed by atoms with E-state index in [0.717, 1.165) is 10.9 Å². The van der Waals surface area contributed by atoms with Gasteiger partial charge in [0.15, 0.2) is 0 Å². The molecular weight excluding hydrogens is 350 g/mol. The summed E-state index contributed by atoms with van der Waals surface area (Å²) in [6.45, 7) is 2.10. The predicted octanol–water partition coefficient (Wildman–Crippen LogP) is 3.42. The first kappa shape index (κ1) is 16.7. The largest absolute Gasteiger partial charge is 0.360 e. The van der Waals surface area contributed by atoms with Gasteiger partial charge >= 0.3 is 0 Å². The zero-order chi connectivity index (χ0) is 18.1. The Labute approximate surface area is 156 Å². The van der Waals surface area contributed by atoms with Gasteiger partial charge in [0.1, 0.15) is 0 Å². The van der Waals surface area contributed by atoms with Gasteiger partial charge in [-0.1, -0.05) is 29.8 Å². The topological polar surface area (TPSA) is 56.4 Å². The quantitative estimate of drug-likeness (QED) is 0.754. The van der Waals surface area contributed by atoms with Gasteiger partial charge in [-0.25, -0.2) is 0 Å². The number of nitrogens with one attached hydrogen (secondary N) is 1. The fraction of sp³-hybridized carbons (Fsp3) is 0.200. The van der Waals surface area contributed by atoms with Crippen LogP contribution in [0.5, 0.6) is 0 Å². The summed E-state index contributed by atoms with van der Waals surface area (Å²) in [4.78, 5) is 32.1. The molecule has 1 fully saturated rings. The van der Waals surface area contributed by atoms with E-state index >= 15 is 0 Å². The molecule has 0 aliphatic carbocycles. The van der Waals surface area contributed by atoms with Gasteiger partial charge in [-0.05, 0) is 30.3 Å². The smallest absolute Gasteiger partial charge is 0.256 e. The molecule has 5 nitrogen and oxygen atoms in total. The average molecular weight is 368 g/mol. The third-order valence-electron chi connectivity index (χ3n) is 4.76. The molecule has 132 valence electrons. The van der Waals surface area contributed by atoms with Crippen LogP contribution >= 0.6 is 11.6 Å². The first-order chi connectivity index (χ1) is 12.6. The number of carbonyl (C=O) groups excluding carboxylic acids is 2. The summed E-state index contributed by atoms with van der Waals surface area (Å²) in [6, 6.07) is 14.7. The number of para-hydroxylation sites is 1. The van der Waals surface area contributed by atoms with E-state index in [1.54, 1.807) is 40.3 Å². The van der Waals surface area contributed by atoms with E-state index in [1.807, 2.05) is 24.3 Å². The van der Waals surface area contributed by atoms with Crippen molar-refractivity contribution in [1.82, 2.24) is 14.8 Å². The van der Waals surface area contributed by atoms with Gasteiger partial charge in [0.2, 0.25) is 0 Å². The van der Waals surface area contributed by atoms with Gasteiger partial charge in [-0.15, -0.1) is 0 Å².